The van der Waals surface area contributed by atoms with Crippen molar-refractivity contribution < 1.29 is 19.5 Å². The number of hydrogen-bond donors (Lipinski definition) is 2. The lowest BCUT2D eigenvalue weighted by molar-refractivity contribution is -0.143. The van der Waals surface area contributed by atoms with Crippen molar-refractivity contribution in [2.75, 3.05) is 20.1 Å². The lowest BCUT2D eigenvalue weighted by Gasteiger charge is -2.14. The van der Waals surface area contributed by atoms with Crippen molar-refractivity contribution in [3.8, 4) is 0 Å². The Kier molecular flexibility index (Phi) is 5.32. The van der Waals surface area contributed by atoms with Crippen LogP contribution in [0.3, 0.4) is 0 Å². The van der Waals surface area contributed by atoms with Crippen LogP contribution in [0, 0.1) is 0 Å². The predicted octanol–water partition coefficient (Wildman–Crippen LogP) is 0.613. The van der Waals surface area contributed by atoms with Gasteiger partial charge in [0.05, 0.1) is 6.54 Å². The summed E-state index contributed by atoms with van der Waals surface area (Å²) in [4.78, 5) is 34.6. The third kappa shape index (κ3) is 4.97. The van der Waals surface area contributed by atoms with Gasteiger partial charge in [0.1, 0.15) is 6.54 Å². The molecule has 2 amide bonds. The van der Waals surface area contributed by atoms with E-state index in [0.717, 1.165) is 4.90 Å². The number of carbonyl (C=O) groups is 3. The van der Waals surface area contributed by atoms with Crippen LogP contribution in [-0.4, -0.2) is 47.9 Å². The predicted molar refractivity (Wildman–Crippen MR) is 69.1 cm³/mol. The number of likely N-dealkylation sites (N-methyl/N-ethyl adjacent to an activating group) is 1. The average molecular weight is 285 g/mol. The van der Waals surface area contributed by atoms with Gasteiger partial charge in [-0.2, -0.15) is 0 Å². The van der Waals surface area contributed by atoms with Crippen molar-refractivity contribution in [1.82, 2.24) is 10.2 Å². The fraction of sp³-hybridized carbons (Fsp3) is 0.250. The molecule has 19 heavy (non-hydrogen) atoms. The van der Waals surface area contributed by atoms with Gasteiger partial charge in [-0.3, -0.25) is 14.4 Å². The first kappa shape index (κ1) is 15.0. The zero-order valence-corrected chi connectivity index (χ0v) is 11.0. The number of hydrogen-bond acceptors (Lipinski definition) is 3. The summed E-state index contributed by atoms with van der Waals surface area (Å²) in [6.07, 6.45) is 0. The lowest BCUT2D eigenvalue weighted by Crippen LogP contribution is -2.40. The molecule has 0 saturated heterocycles. The van der Waals surface area contributed by atoms with Crippen molar-refractivity contribution in [3.05, 3.63) is 34.9 Å². The highest BCUT2D eigenvalue weighted by molar-refractivity contribution is 6.30. The van der Waals surface area contributed by atoms with E-state index in [1.54, 1.807) is 12.1 Å². The number of carboxylic acid groups (broad SMARTS) is 1. The van der Waals surface area contributed by atoms with Crippen LogP contribution in [0.1, 0.15) is 10.4 Å². The minimum absolute atomic E-state index is 0.259. The van der Waals surface area contributed by atoms with Crippen LogP contribution in [-0.2, 0) is 9.59 Å². The van der Waals surface area contributed by atoms with Crippen LogP contribution >= 0.6 is 11.6 Å². The zero-order valence-electron chi connectivity index (χ0n) is 10.2. The van der Waals surface area contributed by atoms with E-state index in [0.29, 0.717) is 10.6 Å². The van der Waals surface area contributed by atoms with Gasteiger partial charge in [0, 0.05) is 17.6 Å². The molecule has 0 heterocycles. The first-order valence-corrected chi connectivity index (χ1v) is 5.77. The summed E-state index contributed by atoms with van der Waals surface area (Å²) in [5.74, 6) is -2.02. The molecule has 2 N–H and O–H groups in total. The molecule has 0 unspecified atom stereocenters. The van der Waals surface area contributed by atoms with E-state index in [1.165, 1.54) is 19.2 Å². The Morgan fingerprint density at radius 3 is 2.37 bits per heavy atom. The van der Waals surface area contributed by atoms with E-state index in [9.17, 15) is 14.4 Å². The Morgan fingerprint density at radius 1 is 1.26 bits per heavy atom. The molecule has 0 saturated carbocycles. The quantitative estimate of drug-likeness (QED) is 0.829. The van der Waals surface area contributed by atoms with Crippen molar-refractivity contribution in [2.24, 2.45) is 0 Å². The smallest absolute Gasteiger partial charge is 0.323 e. The molecule has 6 nitrogen and oxygen atoms in total. The number of carboxylic acids is 1. The maximum atomic E-state index is 11.7. The average Bonchev–Trinajstić information content (AvgIpc) is 2.35. The molecule has 0 spiro atoms. The summed E-state index contributed by atoms with van der Waals surface area (Å²) >= 11 is 5.69. The number of amides is 2. The van der Waals surface area contributed by atoms with Gasteiger partial charge in [0.2, 0.25) is 5.91 Å². The number of nitrogens with zero attached hydrogens (tertiary/aromatic N) is 1. The van der Waals surface area contributed by atoms with E-state index in [-0.39, 0.29) is 6.54 Å². The Hall–Kier alpha value is -2.08. The topological polar surface area (TPSA) is 86.7 Å². The summed E-state index contributed by atoms with van der Waals surface area (Å²) < 4.78 is 0. The molecule has 0 aliphatic rings. The van der Waals surface area contributed by atoms with E-state index in [1.807, 2.05) is 0 Å². The number of benzene rings is 1. The number of rotatable bonds is 5. The molecule has 0 aliphatic heterocycles. The van der Waals surface area contributed by atoms with Gasteiger partial charge in [0.25, 0.3) is 5.91 Å². The highest BCUT2D eigenvalue weighted by atomic mass is 35.5. The molecule has 0 atom stereocenters. The van der Waals surface area contributed by atoms with E-state index in [4.69, 9.17) is 16.7 Å². The van der Waals surface area contributed by atoms with E-state index < -0.39 is 24.3 Å². The maximum absolute atomic E-state index is 11.7. The first-order chi connectivity index (χ1) is 8.90. The second-order valence-corrected chi connectivity index (χ2v) is 4.27. The van der Waals surface area contributed by atoms with Crippen LogP contribution in [0.4, 0.5) is 0 Å². The number of nitrogens with one attached hydrogen (secondary N) is 1. The summed E-state index contributed by atoms with van der Waals surface area (Å²) in [7, 11) is 1.35. The Bertz CT molecular complexity index is 487. The van der Waals surface area contributed by atoms with Crippen molar-refractivity contribution in [1.29, 1.82) is 0 Å². The van der Waals surface area contributed by atoms with Gasteiger partial charge >= 0.3 is 5.97 Å². The standard InChI is InChI=1S/C12H13ClN2O4/c1-15(7-11(17)18)10(16)6-14-12(19)8-2-4-9(13)5-3-8/h2-5H,6-7H2,1H3,(H,14,19)(H,17,18). The summed E-state index contributed by atoms with van der Waals surface area (Å²) in [5, 5.41) is 11.4. The highest BCUT2D eigenvalue weighted by Gasteiger charge is 2.13. The van der Waals surface area contributed by atoms with Gasteiger partial charge < -0.3 is 15.3 Å². The zero-order chi connectivity index (χ0) is 14.4. The minimum Gasteiger partial charge on any atom is -0.480 e. The molecule has 102 valence electrons. The van der Waals surface area contributed by atoms with Gasteiger partial charge in [-0.15, -0.1) is 0 Å². The van der Waals surface area contributed by atoms with Crippen LogP contribution in [0.15, 0.2) is 24.3 Å². The molecule has 0 fully saturated rings. The van der Waals surface area contributed by atoms with Gasteiger partial charge in [-0.05, 0) is 24.3 Å². The van der Waals surface area contributed by atoms with Gasteiger partial charge in [-0.25, -0.2) is 0 Å². The fourth-order valence-corrected chi connectivity index (χ4v) is 1.41. The Balaban J connectivity index is 2.48. The first-order valence-electron chi connectivity index (χ1n) is 5.39. The largest absolute Gasteiger partial charge is 0.480 e. The van der Waals surface area contributed by atoms with E-state index in [2.05, 4.69) is 5.32 Å². The van der Waals surface area contributed by atoms with Crippen molar-refractivity contribution in [3.63, 3.8) is 0 Å². The molecule has 0 bridgehead atoms. The molecular formula is C12H13ClN2O4. The molecule has 0 aliphatic carbocycles. The highest BCUT2D eigenvalue weighted by Crippen LogP contribution is 2.09. The Labute approximate surface area is 115 Å². The van der Waals surface area contributed by atoms with Crippen LogP contribution in [0.2, 0.25) is 5.02 Å². The van der Waals surface area contributed by atoms with Crippen LogP contribution in [0.5, 0.6) is 0 Å². The summed E-state index contributed by atoms with van der Waals surface area (Å²) in [6, 6.07) is 6.19. The SMILES string of the molecule is CN(CC(=O)O)C(=O)CNC(=O)c1ccc(Cl)cc1. The van der Waals surface area contributed by atoms with Gasteiger partial charge in [0.15, 0.2) is 0 Å². The van der Waals surface area contributed by atoms with Crippen LogP contribution in [0.25, 0.3) is 0 Å². The molecule has 1 aromatic carbocycles. The fourth-order valence-electron chi connectivity index (χ4n) is 1.29. The molecule has 0 aromatic heterocycles. The molecule has 1 rings (SSSR count). The number of carbonyl (C=O) groups excluding carboxylic acids is 2. The lowest BCUT2D eigenvalue weighted by atomic mass is 10.2. The molecule has 7 heteroatoms. The molecular weight excluding hydrogens is 272 g/mol. The third-order valence-electron chi connectivity index (χ3n) is 2.30. The summed E-state index contributed by atoms with van der Waals surface area (Å²) in [5.41, 5.74) is 0.373. The monoisotopic (exact) mass is 284 g/mol. The third-order valence-corrected chi connectivity index (χ3v) is 2.56. The van der Waals surface area contributed by atoms with Crippen LogP contribution < -0.4 is 5.32 Å². The normalized spacial score (nSPS) is 9.79. The second kappa shape index (κ2) is 6.75. The summed E-state index contributed by atoms with van der Waals surface area (Å²) in [6.45, 7) is -0.666. The Morgan fingerprint density at radius 2 is 1.84 bits per heavy atom. The molecule has 1 aromatic rings. The van der Waals surface area contributed by atoms with Gasteiger partial charge in [-0.1, -0.05) is 11.6 Å². The maximum Gasteiger partial charge on any atom is 0.323 e. The number of aliphatic carboxylic acids is 1. The number of halogens is 1. The minimum atomic E-state index is -1.11. The molecule has 0 radical (unpaired) electrons. The van der Waals surface area contributed by atoms with E-state index >= 15 is 0 Å². The van der Waals surface area contributed by atoms with Crippen molar-refractivity contribution >= 4 is 29.4 Å². The second-order valence-electron chi connectivity index (χ2n) is 3.83. The van der Waals surface area contributed by atoms with Crippen molar-refractivity contribution in [2.45, 2.75) is 0 Å².